The van der Waals surface area contributed by atoms with Crippen molar-refractivity contribution in [2.24, 2.45) is 7.05 Å². The first-order valence-corrected chi connectivity index (χ1v) is 4.66. The fraction of sp³-hybridized carbons (Fsp3) is 0.0909. The van der Waals surface area contributed by atoms with Crippen molar-refractivity contribution in [2.45, 2.75) is 0 Å². The van der Waals surface area contributed by atoms with Gasteiger partial charge in [-0.1, -0.05) is 0 Å². The van der Waals surface area contributed by atoms with Crippen LogP contribution in [0.25, 0.3) is 0 Å². The number of nitrogens with zero attached hydrogens (tertiary/aromatic N) is 2. The van der Waals surface area contributed by atoms with Gasteiger partial charge in [-0.05, 0) is 18.2 Å². The summed E-state index contributed by atoms with van der Waals surface area (Å²) < 4.78 is 14.3. The number of carbonyl (C=O) groups excluding carboxylic acids is 1. The molecule has 0 spiro atoms. The molecule has 5 heteroatoms. The third-order valence-electron chi connectivity index (χ3n) is 2.23. The van der Waals surface area contributed by atoms with E-state index in [1.165, 1.54) is 23.0 Å². The second-order valence-corrected chi connectivity index (χ2v) is 3.46. The second kappa shape index (κ2) is 3.77. The van der Waals surface area contributed by atoms with Gasteiger partial charge in [-0.25, -0.2) is 4.39 Å². The molecule has 0 fully saturated rings. The van der Waals surface area contributed by atoms with Crippen molar-refractivity contribution >= 4 is 11.5 Å². The van der Waals surface area contributed by atoms with Crippen molar-refractivity contribution in [1.29, 1.82) is 0 Å². The molecule has 0 unspecified atom stereocenters. The standard InChI is InChI=1S/C11H10FN3O/c1-15-6-7(5-14-15)11(16)9-3-2-8(12)4-10(9)13/h2-6H,13H2,1H3. The maximum Gasteiger partial charge on any atom is 0.198 e. The number of carbonyl (C=O) groups is 1. The third-order valence-corrected chi connectivity index (χ3v) is 2.23. The molecule has 16 heavy (non-hydrogen) atoms. The van der Waals surface area contributed by atoms with Crippen molar-refractivity contribution in [2.75, 3.05) is 5.73 Å². The topological polar surface area (TPSA) is 60.9 Å². The number of hydrogen-bond donors (Lipinski definition) is 1. The molecular formula is C11H10FN3O. The van der Waals surface area contributed by atoms with E-state index in [0.717, 1.165) is 6.07 Å². The summed E-state index contributed by atoms with van der Waals surface area (Å²) in [5, 5.41) is 3.89. The maximum absolute atomic E-state index is 12.8. The minimum atomic E-state index is -0.458. The SMILES string of the molecule is Cn1cc(C(=O)c2ccc(F)cc2N)cn1. The van der Waals surface area contributed by atoms with E-state index < -0.39 is 5.82 Å². The highest BCUT2D eigenvalue weighted by atomic mass is 19.1. The predicted molar refractivity (Wildman–Crippen MR) is 57.5 cm³/mol. The lowest BCUT2D eigenvalue weighted by Gasteiger charge is -2.02. The van der Waals surface area contributed by atoms with Gasteiger partial charge >= 0.3 is 0 Å². The summed E-state index contributed by atoms with van der Waals surface area (Å²) in [5.74, 6) is -0.717. The van der Waals surface area contributed by atoms with E-state index in [9.17, 15) is 9.18 Å². The number of aromatic nitrogens is 2. The number of ketones is 1. The summed E-state index contributed by atoms with van der Waals surface area (Å²) in [6.07, 6.45) is 3.04. The van der Waals surface area contributed by atoms with Crippen LogP contribution in [0.15, 0.2) is 30.6 Å². The number of aryl methyl sites for hydroxylation is 1. The van der Waals surface area contributed by atoms with Crippen LogP contribution in [0.5, 0.6) is 0 Å². The summed E-state index contributed by atoms with van der Waals surface area (Å²) in [7, 11) is 1.71. The Labute approximate surface area is 91.5 Å². The highest BCUT2D eigenvalue weighted by Gasteiger charge is 2.14. The molecule has 0 aliphatic carbocycles. The Bertz CT molecular complexity index is 548. The quantitative estimate of drug-likeness (QED) is 0.613. The second-order valence-electron chi connectivity index (χ2n) is 3.46. The Morgan fingerprint density at radius 3 is 2.81 bits per heavy atom. The molecule has 0 saturated heterocycles. The van der Waals surface area contributed by atoms with Crippen LogP contribution in [0.2, 0.25) is 0 Å². The third kappa shape index (κ3) is 1.79. The van der Waals surface area contributed by atoms with Gasteiger partial charge in [0.25, 0.3) is 0 Å². The molecule has 2 N–H and O–H groups in total. The van der Waals surface area contributed by atoms with Gasteiger partial charge < -0.3 is 5.73 Å². The molecule has 2 rings (SSSR count). The number of nitrogens with two attached hydrogens (primary N) is 1. The van der Waals surface area contributed by atoms with Gasteiger partial charge in [-0.15, -0.1) is 0 Å². The first-order chi connectivity index (χ1) is 7.58. The molecule has 0 radical (unpaired) electrons. The smallest absolute Gasteiger partial charge is 0.198 e. The van der Waals surface area contributed by atoms with E-state index in [-0.39, 0.29) is 17.0 Å². The highest BCUT2D eigenvalue weighted by molar-refractivity contribution is 6.11. The Morgan fingerprint density at radius 1 is 1.50 bits per heavy atom. The molecule has 0 saturated carbocycles. The van der Waals surface area contributed by atoms with Crippen molar-refractivity contribution in [1.82, 2.24) is 9.78 Å². The zero-order chi connectivity index (χ0) is 11.7. The lowest BCUT2D eigenvalue weighted by atomic mass is 10.0. The van der Waals surface area contributed by atoms with E-state index in [1.54, 1.807) is 13.2 Å². The molecule has 82 valence electrons. The number of rotatable bonds is 2. The lowest BCUT2D eigenvalue weighted by molar-refractivity contribution is 0.103. The van der Waals surface area contributed by atoms with Crippen LogP contribution in [0.1, 0.15) is 15.9 Å². The molecule has 1 heterocycles. The van der Waals surface area contributed by atoms with Gasteiger partial charge in [0.2, 0.25) is 0 Å². The Balaban J connectivity index is 2.41. The largest absolute Gasteiger partial charge is 0.398 e. The van der Waals surface area contributed by atoms with Crippen LogP contribution in [-0.2, 0) is 7.05 Å². The Morgan fingerprint density at radius 2 is 2.25 bits per heavy atom. The van der Waals surface area contributed by atoms with Crippen LogP contribution in [0.3, 0.4) is 0 Å². The average molecular weight is 219 g/mol. The van der Waals surface area contributed by atoms with E-state index in [4.69, 9.17) is 5.73 Å². The summed E-state index contributed by atoms with van der Waals surface area (Å²) in [6.45, 7) is 0. The zero-order valence-electron chi connectivity index (χ0n) is 8.64. The lowest BCUT2D eigenvalue weighted by Crippen LogP contribution is -2.04. The van der Waals surface area contributed by atoms with Crippen molar-refractivity contribution in [3.05, 3.63) is 47.5 Å². The number of nitrogen functional groups attached to an aromatic ring is 1. The normalized spacial score (nSPS) is 10.4. The van der Waals surface area contributed by atoms with Crippen LogP contribution in [0, 0.1) is 5.82 Å². The fourth-order valence-corrected chi connectivity index (χ4v) is 1.43. The summed E-state index contributed by atoms with van der Waals surface area (Å²) in [6, 6.07) is 3.71. The minimum absolute atomic E-state index is 0.133. The first kappa shape index (κ1) is 10.4. The van der Waals surface area contributed by atoms with Crippen LogP contribution in [-0.4, -0.2) is 15.6 Å². The zero-order valence-corrected chi connectivity index (χ0v) is 8.64. The predicted octanol–water partition coefficient (Wildman–Crippen LogP) is 1.37. The molecule has 0 aliphatic heterocycles. The molecule has 1 aromatic carbocycles. The van der Waals surface area contributed by atoms with Gasteiger partial charge in [0.1, 0.15) is 5.82 Å². The summed E-state index contributed by atoms with van der Waals surface area (Å²) in [4.78, 5) is 11.9. The van der Waals surface area contributed by atoms with Gasteiger partial charge in [0.05, 0.1) is 11.8 Å². The summed E-state index contributed by atoms with van der Waals surface area (Å²) >= 11 is 0. The minimum Gasteiger partial charge on any atom is -0.398 e. The van der Waals surface area contributed by atoms with Gasteiger partial charge in [0, 0.05) is 24.5 Å². The number of hydrogen-bond acceptors (Lipinski definition) is 3. The van der Waals surface area contributed by atoms with Crippen molar-refractivity contribution < 1.29 is 9.18 Å². The van der Waals surface area contributed by atoms with Crippen molar-refractivity contribution in [3.8, 4) is 0 Å². The molecule has 1 aromatic heterocycles. The van der Waals surface area contributed by atoms with E-state index in [0.29, 0.717) is 5.56 Å². The number of anilines is 1. The molecule has 0 aliphatic rings. The summed E-state index contributed by atoms with van der Waals surface area (Å²) in [5.41, 5.74) is 6.43. The van der Waals surface area contributed by atoms with Gasteiger partial charge in [-0.2, -0.15) is 5.10 Å². The molecule has 2 aromatic rings. The Kier molecular flexibility index (Phi) is 2.44. The fourth-order valence-electron chi connectivity index (χ4n) is 1.43. The number of benzene rings is 1. The highest BCUT2D eigenvalue weighted by Crippen LogP contribution is 2.17. The maximum atomic E-state index is 12.8. The first-order valence-electron chi connectivity index (χ1n) is 4.66. The molecule has 0 bridgehead atoms. The van der Waals surface area contributed by atoms with Gasteiger partial charge in [-0.3, -0.25) is 9.48 Å². The van der Waals surface area contributed by atoms with Crippen molar-refractivity contribution in [3.63, 3.8) is 0 Å². The monoisotopic (exact) mass is 219 g/mol. The molecule has 0 amide bonds. The number of halogens is 1. The molecular weight excluding hydrogens is 209 g/mol. The van der Waals surface area contributed by atoms with E-state index in [2.05, 4.69) is 5.10 Å². The molecule has 4 nitrogen and oxygen atoms in total. The van der Waals surface area contributed by atoms with Crippen LogP contribution in [0.4, 0.5) is 10.1 Å². The van der Waals surface area contributed by atoms with Gasteiger partial charge in [0.15, 0.2) is 5.78 Å². The van der Waals surface area contributed by atoms with E-state index in [1.807, 2.05) is 0 Å². The van der Waals surface area contributed by atoms with Crippen LogP contribution >= 0.6 is 0 Å². The average Bonchev–Trinajstić information content (AvgIpc) is 2.64. The molecule has 0 atom stereocenters. The van der Waals surface area contributed by atoms with E-state index >= 15 is 0 Å². The van der Waals surface area contributed by atoms with Crippen LogP contribution < -0.4 is 5.73 Å². The Hall–Kier alpha value is -2.17.